The van der Waals surface area contributed by atoms with Crippen LogP contribution in [0.2, 0.25) is 0 Å². The Morgan fingerprint density at radius 3 is 2.38 bits per heavy atom. The van der Waals surface area contributed by atoms with Crippen LogP contribution in [0.15, 0.2) is 54.7 Å². The summed E-state index contributed by atoms with van der Waals surface area (Å²) in [7, 11) is 1.50. The highest BCUT2D eigenvalue weighted by atomic mass is 16.5. The van der Waals surface area contributed by atoms with Crippen molar-refractivity contribution >= 4 is 18.0 Å². The number of hydrogen-bond acceptors (Lipinski definition) is 6. The Morgan fingerprint density at radius 1 is 1.09 bits per heavy atom. The highest BCUT2D eigenvalue weighted by Crippen LogP contribution is 2.44. The van der Waals surface area contributed by atoms with E-state index in [0.717, 1.165) is 22.3 Å². The summed E-state index contributed by atoms with van der Waals surface area (Å²) in [5.74, 6) is -1.42. The standard InChI is InChI=1S/C24H25N5O5/c1-28(12-10-22(30)31)23(32)21-14-29(27-26-21)13-11-25-24(33)34-15-20-18-8-4-2-6-16(18)17-7-3-5-9-19(17)20/h2-9,14,20H,10-13,15H2,1H3,(H,25,33)(H,30,31). The summed E-state index contributed by atoms with van der Waals surface area (Å²) in [4.78, 5) is 36.5. The summed E-state index contributed by atoms with van der Waals surface area (Å²) in [6.07, 6.45) is 0.770. The molecule has 0 spiro atoms. The molecule has 1 heterocycles. The topological polar surface area (TPSA) is 127 Å². The fraction of sp³-hybridized carbons (Fsp3) is 0.292. The predicted octanol–water partition coefficient (Wildman–Crippen LogP) is 2.36. The average molecular weight is 463 g/mol. The summed E-state index contributed by atoms with van der Waals surface area (Å²) in [6.45, 7) is 0.834. The van der Waals surface area contributed by atoms with Crippen molar-refractivity contribution in [1.82, 2.24) is 25.2 Å². The largest absolute Gasteiger partial charge is 0.481 e. The number of hydrogen-bond donors (Lipinski definition) is 2. The average Bonchev–Trinajstić information content (AvgIpc) is 3.43. The number of carboxylic acids is 1. The van der Waals surface area contributed by atoms with Gasteiger partial charge in [-0.05, 0) is 22.3 Å². The maximum absolute atomic E-state index is 12.3. The predicted molar refractivity (Wildman–Crippen MR) is 122 cm³/mol. The molecule has 2 aromatic carbocycles. The molecule has 2 N–H and O–H groups in total. The molecule has 34 heavy (non-hydrogen) atoms. The molecule has 2 amide bonds. The number of benzene rings is 2. The van der Waals surface area contributed by atoms with Crippen LogP contribution in [0.1, 0.15) is 34.0 Å². The number of amides is 2. The fourth-order valence-corrected chi connectivity index (χ4v) is 3.99. The van der Waals surface area contributed by atoms with Gasteiger partial charge in [-0.25, -0.2) is 9.48 Å². The molecular weight excluding hydrogens is 438 g/mol. The van der Waals surface area contributed by atoms with Gasteiger partial charge in [0.2, 0.25) is 0 Å². The van der Waals surface area contributed by atoms with Crippen molar-refractivity contribution in [1.29, 1.82) is 0 Å². The molecule has 0 bridgehead atoms. The lowest BCUT2D eigenvalue weighted by Gasteiger charge is -2.14. The molecule has 1 aliphatic carbocycles. The molecule has 10 nitrogen and oxygen atoms in total. The Bertz CT molecular complexity index is 1160. The zero-order valence-electron chi connectivity index (χ0n) is 18.7. The number of nitrogens with zero attached hydrogens (tertiary/aromatic N) is 4. The van der Waals surface area contributed by atoms with Crippen LogP contribution in [-0.4, -0.2) is 69.7 Å². The van der Waals surface area contributed by atoms with Crippen LogP contribution in [0.25, 0.3) is 11.1 Å². The molecule has 0 radical (unpaired) electrons. The molecule has 0 atom stereocenters. The van der Waals surface area contributed by atoms with Crippen LogP contribution in [0, 0.1) is 0 Å². The zero-order valence-corrected chi connectivity index (χ0v) is 18.7. The third-order valence-electron chi connectivity index (χ3n) is 5.72. The Hall–Kier alpha value is -4.21. The van der Waals surface area contributed by atoms with Gasteiger partial charge in [-0.3, -0.25) is 9.59 Å². The first kappa shape index (κ1) is 23.0. The summed E-state index contributed by atoms with van der Waals surface area (Å²) >= 11 is 0. The molecule has 1 aliphatic rings. The van der Waals surface area contributed by atoms with Crippen molar-refractivity contribution in [2.75, 3.05) is 26.7 Å². The van der Waals surface area contributed by atoms with Crippen LogP contribution in [0.3, 0.4) is 0 Å². The van der Waals surface area contributed by atoms with Gasteiger partial charge in [-0.2, -0.15) is 0 Å². The fourth-order valence-electron chi connectivity index (χ4n) is 3.99. The molecule has 0 unspecified atom stereocenters. The number of rotatable bonds is 9. The van der Waals surface area contributed by atoms with Gasteiger partial charge in [0, 0.05) is 26.1 Å². The van der Waals surface area contributed by atoms with Gasteiger partial charge in [0.15, 0.2) is 5.69 Å². The van der Waals surface area contributed by atoms with Crippen LogP contribution >= 0.6 is 0 Å². The van der Waals surface area contributed by atoms with E-state index in [9.17, 15) is 14.4 Å². The lowest BCUT2D eigenvalue weighted by atomic mass is 9.98. The van der Waals surface area contributed by atoms with Crippen LogP contribution in [0.4, 0.5) is 4.79 Å². The van der Waals surface area contributed by atoms with Crippen molar-refractivity contribution in [3.63, 3.8) is 0 Å². The van der Waals surface area contributed by atoms with E-state index in [1.807, 2.05) is 24.3 Å². The Labute approximate surface area is 196 Å². The molecule has 0 saturated heterocycles. The van der Waals surface area contributed by atoms with E-state index in [-0.39, 0.29) is 37.7 Å². The number of carbonyl (C=O) groups is 3. The quantitative estimate of drug-likeness (QED) is 0.499. The van der Waals surface area contributed by atoms with E-state index in [2.05, 4.69) is 39.9 Å². The molecule has 3 aromatic rings. The molecule has 4 rings (SSSR count). The Balaban J connectivity index is 1.25. The smallest absolute Gasteiger partial charge is 0.407 e. The van der Waals surface area contributed by atoms with Crippen LogP contribution in [-0.2, 0) is 16.1 Å². The van der Waals surface area contributed by atoms with E-state index < -0.39 is 18.0 Å². The molecule has 0 aliphatic heterocycles. The van der Waals surface area contributed by atoms with Gasteiger partial charge in [0.1, 0.15) is 6.61 Å². The van der Waals surface area contributed by atoms with Crippen LogP contribution in [0.5, 0.6) is 0 Å². The molecule has 1 aromatic heterocycles. The van der Waals surface area contributed by atoms with Crippen molar-refractivity contribution in [2.45, 2.75) is 18.9 Å². The van der Waals surface area contributed by atoms with Gasteiger partial charge in [0.25, 0.3) is 5.91 Å². The van der Waals surface area contributed by atoms with Gasteiger partial charge in [-0.1, -0.05) is 53.7 Å². The summed E-state index contributed by atoms with van der Waals surface area (Å²) in [5, 5.41) is 19.1. The van der Waals surface area contributed by atoms with Crippen molar-refractivity contribution in [2.24, 2.45) is 0 Å². The SMILES string of the molecule is CN(CCC(=O)O)C(=O)c1cn(CCNC(=O)OCC2c3ccccc3-c3ccccc32)nn1. The second-order valence-electron chi connectivity index (χ2n) is 7.99. The van der Waals surface area contributed by atoms with E-state index in [4.69, 9.17) is 9.84 Å². The first-order chi connectivity index (χ1) is 16.4. The maximum atomic E-state index is 12.3. The van der Waals surface area contributed by atoms with Gasteiger partial charge in [0.05, 0.1) is 19.2 Å². The number of alkyl carbamates (subject to hydrolysis) is 1. The number of carboxylic acid groups (broad SMARTS) is 1. The normalized spacial score (nSPS) is 12.0. The number of aromatic nitrogens is 3. The number of ether oxygens (including phenoxy) is 1. The minimum absolute atomic E-state index is 0.0137. The molecule has 0 saturated carbocycles. The summed E-state index contributed by atoms with van der Waals surface area (Å²) in [5.41, 5.74) is 4.72. The molecule has 176 valence electrons. The van der Waals surface area contributed by atoms with Crippen LogP contribution < -0.4 is 5.32 Å². The molecule has 0 fully saturated rings. The maximum Gasteiger partial charge on any atom is 0.407 e. The van der Waals surface area contributed by atoms with Crippen molar-refractivity contribution in [3.05, 3.63) is 71.5 Å². The third-order valence-corrected chi connectivity index (χ3v) is 5.72. The molecule has 10 heteroatoms. The molecular formula is C24H25N5O5. The van der Waals surface area contributed by atoms with E-state index >= 15 is 0 Å². The van der Waals surface area contributed by atoms with Gasteiger partial charge >= 0.3 is 12.1 Å². The lowest BCUT2D eigenvalue weighted by molar-refractivity contribution is -0.137. The first-order valence-corrected chi connectivity index (χ1v) is 10.9. The minimum Gasteiger partial charge on any atom is -0.481 e. The zero-order chi connectivity index (χ0) is 24.1. The van der Waals surface area contributed by atoms with Gasteiger partial charge in [-0.15, -0.1) is 5.10 Å². The first-order valence-electron chi connectivity index (χ1n) is 10.9. The lowest BCUT2D eigenvalue weighted by Crippen LogP contribution is -2.29. The van der Waals surface area contributed by atoms with E-state index in [1.54, 1.807) is 0 Å². The highest BCUT2D eigenvalue weighted by Gasteiger charge is 2.29. The minimum atomic E-state index is -0.984. The Morgan fingerprint density at radius 2 is 1.74 bits per heavy atom. The second kappa shape index (κ2) is 10.2. The number of aliphatic carboxylic acids is 1. The number of fused-ring (bicyclic) bond motifs is 3. The highest BCUT2D eigenvalue weighted by molar-refractivity contribution is 5.91. The van der Waals surface area contributed by atoms with Crippen molar-refractivity contribution < 1.29 is 24.2 Å². The van der Waals surface area contributed by atoms with Crippen molar-refractivity contribution in [3.8, 4) is 11.1 Å². The number of carbonyl (C=O) groups excluding carboxylic acids is 2. The van der Waals surface area contributed by atoms with E-state index in [1.165, 1.54) is 22.8 Å². The summed E-state index contributed by atoms with van der Waals surface area (Å²) in [6, 6.07) is 16.3. The number of nitrogens with one attached hydrogen (secondary N) is 1. The van der Waals surface area contributed by atoms with E-state index in [0.29, 0.717) is 6.54 Å². The third kappa shape index (κ3) is 5.06. The Kier molecular flexibility index (Phi) is 6.86. The second-order valence-corrected chi connectivity index (χ2v) is 7.99. The van der Waals surface area contributed by atoms with Gasteiger partial charge < -0.3 is 20.1 Å². The monoisotopic (exact) mass is 463 g/mol. The summed E-state index contributed by atoms with van der Waals surface area (Å²) < 4.78 is 6.93.